The number of hydrogen-bond acceptors (Lipinski definition) is 4. The molecule has 5 nitrogen and oxygen atoms in total. The number of ether oxygens (including phenoxy) is 1. The lowest BCUT2D eigenvalue weighted by molar-refractivity contribution is -0.124. The van der Waals surface area contributed by atoms with Gasteiger partial charge in [-0.05, 0) is 61.6 Å². The minimum Gasteiger partial charge on any atom is -0.368 e. The number of hydrogen-bond donors (Lipinski definition) is 2. The lowest BCUT2D eigenvalue weighted by Gasteiger charge is -2.11. The van der Waals surface area contributed by atoms with Gasteiger partial charge in [0, 0.05) is 28.4 Å². The molecule has 1 aliphatic heterocycles. The maximum Gasteiger partial charge on any atom is 0.255 e. The van der Waals surface area contributed by atoms with E-state index in [1.54, 1.807) is 36.0 Å². The van der Waals surface area contributed by atoms with Gasteiger partial charge in [-0.25, -0.2) is 0 Å². The first-order valence-electron chi connectivity index (χ1n) is 8.13. The largest absolute Gasteiger partial charge is 0.368 e. The van der Waals surface area contributed by atoms with E-state index in [4.69, 9.17) is 4.74 Å². The van der Waals surface area contributed by atoms with Gasteiger partial charge in [0.25, 0.3) is 11.8 Å². The van der Waals surface area contributed by atoms with Crippen LogP contribution in [0.15, 0.2) is 53.4 Å². The highest BCUT2D eigenvalue weighted by Crippen LogP contribution is 2.20. The third-order valence-electron chi connectivity index (χ3n) is 3.96. The van der Waals surface area contributed by atoms with Crippen molar-refractivity contribution in [2.75, 3.05) is 23.5 Å². The summed E-state index contributed by atoms with van der Waals surface area (Å²) in [4.78, 5) is 25.4. The number of benzene rings is 2. The van der Waals surface area contributed by atoms with E-state index in [1.165, 1.54) is 0 Å². The van der Waals surface area contributed by atoms with Crippen LogP contribution in [0.4, 0.5) is 11.4 Å². The van der Waals surface area contributed by atoms with Gasteiger partial charge in [-0.1, -0.05) is 6.07 Å². The molecule has 2 aromatic rings. The summed E-state index contributed by atoms with van der Waals surface area (Å²) in [5.41, 5.74) is 1.94. The average molecular weight is 356 g/mol. The first-order chi connectivity index (χ1) is 12.2. The van der Waals surface area contributed by atoms with Crippen molar-refractivity contribution in [3.63, 3.8) is 0 Å². The highest BCUT2D eigenvalue weighted by atomic mass is 32.2. The summed E-state index contributed by atoms with van der Waals surface area (Å²) in [6.07, 6.45) is 3.28. The van der Waals surface area contributed by atoms with Crippen LogP contribution < -0.4 is 10.6 Å². The molecule has 1 atom stereocenters. The van der Waals surface area contributed by atoms with Crippen LogP contribution in [0.25, 0.3) is 0 Å². The Labute approximate surface area is 151 Å². The Hall–Kier alpha value is -2.31. The minimum absolute atomic E-state index is 0.136. The molecule has 1 heterocycles. The molecule has 2 aromatic carbocycles. The van der Waals surface area contributed by atoms with Crippen LogP contribution in [0.2, 0.25) is 0 Å². The molecule has 2 amide bonds. The normalized spacial score (nSPS) is 16.4. The molecular weight excluding hydrogens is 336 g/mol. The van der Waals surface area contributed by atoms with Crippen molar-refractivity contribution < 1.29 is 14.3 Å². The molecule has 1 saturated heterocycles. The van der Waals surface area contributed by atoms with E-state index in [0.29, 0.717) is 17.9 Å². The summed E-state index contributed by atoms with van der Waals surface area (Å²) in [7, 11) is 0. The lowest BCUT2D eigenvalue weighted by atomic mass is 10.1. The van der Waals surface area contributed by atoms with Gasteiger partial charge in [0.05, 0.1) is 0 Å². The highest BCUT2D eigenvalue weighted by molar-refractivity contribution is 7.98. The van der Waals surface area contributed by atoms with Gasteiger partial charge in [-0.2, -0.15) is 0 Å². The third kappa shape index (κ3) is 4.61. The number of amides is 2. The van der Waals surface area contributed by atoms with Crippen molar-refractivity contribution in [3.8, 4) is 0 Å². The van der Waals surface area contributed by atoms with Crippen LogP contribution in [0, 0.1) is 0 Å². The molecule has 2 N–H and O–H groups in total. The van der Waals surface area contributed by atoms with E-state index in [2.05, 4.69) is 10.6 Å². The summed E-state index contributed by atoms with van der Waals surface area (Å²) in [5, 5.41) is 5.69. The number of anilines is 2. The van der Waals surface area contributed by atoms with Crippen LogP contribution in [0.1, 0.15) is 23.2 Å². The Morgan fingerprint density at radius 2 is 1.88 bits per heavy atom. The lowest BCUT2D eigenvalue weighted by Crippen LogP contribution is -2.26. The number of nitrogens with one attached hydrogen (secondary N) is 2. The van der Waals surface area contributed by atoms with E-state index in [-0.39, 0.29) is 17.9 Å². The fraction of sp³-hybridized carbons (Fsp3) is 0.263. The molecule has 1 fully saturated rings. The van der Waals surface area contributed by atoms with Crippen LogP contribution in [0.5, 0.6) is 0 Å². The predicted molar refractivity (Wildman–Crippen MR) is 100 cm³/mol. The Kier molecular flexibility index (Phi) is 5.73. The Bertz CT molecular complexity index is 756. The quantitative estimate of drug-likeness (QED) is 0.800. The van der Waals surface area contributed by atoms with Crippen molar-refractivity contribution in [2.45, 2.75) is 23.8 Å². The zero-order valence-electron chi connectivity index (χ0n) is 14.0. The standard InChI is InChI=1S/C19H20N2O3S/c1-25-16-5-2-4-15(12-16)21-18(22)13-7-9-14(10-8-13)20-19(23)17-6-3-11-24-17/h2,4-5,7-10,12,17H,3,6,11H2,1H3,(H,20,23)(H,21,22). The summed E-state index contributed by atoms with van der Waals surface area (Å²) in [5.74, 6) is -0.321. The van der Waals surface area contributed by atoms with Crippen molar-refractivity contribution in [1.82, 2.24) is 0 Å². The van der Waals surface area contributed by atoms with Gasteiger partial charge >= 0.3 is 0 Å². The highest BCUT2D eigenvalue weighted by Gasteiger charge is 2.23. The molecule has 0 bridgehead atoms. The zero-order valence-corrected chi connectivity index (χ0v) is 14.8. The molecule has 1 aliphatic rings. The van der Waals surface area contributed by atoms with Crippen molar-refractivity contribution >= 4 is 35.0 Å². The van der Waals surface area contributed by atoms with Crippen LogP contribution >= 0.6 is 11.8 Å². The molecule has 0 radical (unpaired) electrons. The fourth-order valence-electron chi connectivity index (χ4n) is 2.62. The van der Waals surface area contributed by atoms with E-state index < -0.39 is 0 Å². The van der Waals surface area contributed by atoms with Gasteiger partial charge < -0.3 is 15.4 Å². The summed E-state index contributed by atoms with van der Waals surface area (Å²) >= 11 is 1.62. The molecule has 0 aliphatic carbocycles. The first-order valence-corrected chi connectivity index (χ1v) is 9.36. The molecule has 6 heteroatoms. The molecule has 0 saturated carbocycles. The smallest absolute Gasteiger partial charge is 0.255 e. The second-order valence-electron chi connectivity index (χ2n) is 5.75. The maximum absolute atomic E-state index is 12.3. The number of thioether (sulfide) groups is 1. The molecule has 130 valence electrons. The summed E-state index contributed by atoms with van der Waals surface area (Å²) < 4.78 is 5.36. The molecule has 3 rings (SSSR count). The van der Waals surface area contributed by atoms with E-state index in [9.17, 15) is 9.59 Å². The van der Waals surface area contributed by atoms with Crippen LogP contribution in [-0.2, 0) is 9.53 Å². The van der Waals surface area contributed by atoms with Crippen molar-refractivity contribution in [3.05, 3.63) is 54.1 Å². The third-order valence-corrected chi connectivity index (χ3v) is 4.69. The summed E-state index contributed by atoms with van der Waals surface area (Å²) in [6.45, 7) is 0.634. The monoisotopic (exact) mass is 356 g/mol. The Morgan fingerprint density at radius 3 is 2.56 bits per heavy atom. The van der Waals surface area contributed by atoms with Gasteiger partial charge in [-0.15, -0.1) is 11.8 Å². The van der Waals surface area contributed by atoms with Crippen LogP contribution in [0.3, 0.4) is 0 Å². The zero-order chi connectivity index (χ0) is 17.6. The second-order valence-corrected chi connectivity index (χ2v) is 6.63. The Balaban J connectivity index is 1.61. The van der Waals surface area contributed by atoms with Crippen LogP contribution in [-0.4, -0.2) is 30.8 Å². The van der Waals surface area contributed by atoms with Crippen molar-refractivity contribution in [1.29, 1.82) is 0 Å². The molecule has 0 spiro atoms. The maximum atomic E-state index is 12.3. The van der Waals surface area contributed by atoms with E-state index >= 15 is 0 Å². The van der Waals surface area contributed by atoms with E-state index in [1.807, 2.05) is 30.5 Å². The van der Waals surface area contributed by atoms with Crippen molar-refractivity contribution in [2.24, 2.45) is 0 Å². The predicted octanol–water partition coefficient (Wildman–Crippen LogP) is 3.78. The molecule has 1 unspecified atom stereocenters. The minimum atomic E-state index is -0.369. The molecule has 25 heavy (non-hydrogen) atoms. The first kappa shape index (κ1) is 17.5. The van der Waals surface area contributed by atoms with E-state index in [0.717, 1.165) is 23.4 Å². The topological polar surface area (TPSA) is 67.4 Å². The number of carbonyl (C=O) groups is 2. The number of rotatable bonds is 5. The summed E-state index contributed by atoms with van der Waals surface area (Å²) in [6, 6.07) is 14.5. The SMILES string of the molecule is CSc1cccc(NC(=O)c2ccc(NC(=O)C3CCCO3)cc2)c1. The molecule has 0 aromatic heterocycles. The van der Waals surface area contributed by atoms with Gasteiger partial charge in [0.2, 0.25) is 0 Å². The van der Waals surface area contributed by atoms with Gasteiger partial charge in [0.15, 0.2) is 0 Å². The van der Waals surface area contributed by atoms with Gasteiger partial charge in [0.1, 0.15) is 6.10 Å². The van der Waals surface area contributed by atoms with Gasteiger partial charge in [-0.3, -0.25) is 9.59 Å². The average Bonchev–Trinajstić information content (AvgIpc) is 3.17. The number of carbonyl (C=O) groups excluding carboxylic acids is 2. The molecular formula is C19H20N2O3S. The Morgan fingerprint density at radius 1 is 1.08 bits per heavy atom. The fourth-order valence-corrected chi connectivity index (χ4v) is 3.08. The second kappa shape index (κ2) is 8.18.